The zero-order valence-corrected chi connectivity index (χ0v) is 8.58. The van der Waals surface area contributed by atoms with Crippen LogP contribution in [0.2, 0.25) is 0 Å². The SMILES string of the molecule is CCOC(=O)CC(C#N)NCCOC. The van der Waals surface area contributed by atoms with Gasteiger partial charge in [0.15, 0.2) is 0 Å². The van der Waals surface area contributed by atoms with Crippen LogP contribution in [0.1, 0.15) is 13.3 Å². The minimum absolute atomic E-state index is 0.0774. The van der Waals surface area contributed by atoms with E-state index in [2.05, 4.69) is 5.32 Å². The predicted molar refractivity (Wildman–Crippen MR) is 50.5 cm³/mol. The summed E-state index contributed by atoms with van der Waals surface area (Å²) in [5, 5.41) is 11.6. The highest BCUT2D eigenvalue weighted by atomic mass is 16.5. The Hall–Kier alpha value is -1.12. The summed E-state index contributed by atoms with van der Waals surface area (Å²) in [6.45, 7) is 3.14. The molecule has 0 amide bonds. The maximum absolute atomic E-state index is 11.0. The molecule has 0 aliphatic heterocycles. The molecule has 5 heteroatoms. The molecule has 1 unspecified atom stereocenters. The Balaban J connectivity index is 3.68. The lowest BCUT2D eigenvalue weighted by Gasteiger charge is -2.09. The standard InChI is InChI=1S/C9H16N2O3/c1-3-14-9(12)6-8(7-10)11-4-5-13-2/h8,11H,3-6H2,1-2H3. The molecular formula is C9H16N2O3. The van der Waals surface area contributed by atoms with Crippen molar-refractivity contribution in [3.05, 3.63) is 0 Å². The van der Waals surface area contributed by atoms with E-state index in [0.717, 1.165) is 0 Å². The number of nitrogens with zero attached hydrogens (tertiary/aromatic N) is 1. The van der Waals surface area contributed by atoms with Crippen LogP contribution < -0.4 is 5.32 Å². The van der Waals surface area contributed by atoms with Gasteiger partial charge in [-0.2, -0.15) is 5.26 Å². The van der Waals surface area contributed by atoms with Crippen LogP contribution in [-0.2, 0) is 14.3 Å². The van der Waals surface area contributed by atoms with Gasteiger partial charge in [0.2, 0.25) is 0 Å². The summed E-state index contributed by atoms with van der Waals surface area (Å²) in [7, 11) is 1.58. The normalized spacial score (nSPS) is 11.8. The van der Waals surface area contributed by atoms with E-state index >= 15 is 0 Å². The number of hydrogen-bond donors (Lipinski definition) is 1. The second kappa shape index (κ2) is 8.48. The molecule has 0 saturated heterocycles. The number of hydrogen-bond acceptors (Lipinski definition) is 5. The van der Waals surface area contributed by atoms with Gasteiger partial charge in [0.25, 0.3) is 0 Å². The highest BCUT2D eigenvalue weighted by molar-refractivity contribution is 5.70. The number of rotatable bonds is 7. The van der Waals surface area contributed by atoms with Crippen molar-refractivity contribution in [1.82, 2.24) is 5.32 Å². The van der Waals surface area contributed by atoms with Gasteiger partial charge in [-0.25, -0.2) is 0 Å². The summed E-state index contributed by atoms with van der Waals surface area (Å²) in [5.74, 6) is -0.357. The lowest BCUT2D eigenvalue weighted by Crippen LogP contribution is -2.33. The molecule has 1 atom stereocenters. The van der Waals surface area contributed by atoms with Crippen LogP contribution in [-0.4, -0.2) is 38.9 Å². The minimum Gasteiger partial charge on any atom is -0.466 e. The van der Waals surface area contributed by atoms with Crippen LogP contribution in [0.25, 0.3) is 0 Å². The molecule has 5 nitrogen and oxygen atoms in total. The molecule has 80 valence electrons. The topological polar surface area (TPSA) is 71.4 Å². The molecule has 0 aromatic rings. The molecule has 0 aliphatic carbocycles. The van der Waals surface area contributed by atoms with Gasteiger partial charge in [0.05, 0.1) is 25.7 Å². The first-order valence-corrected chi connectivity index (χ1v) is 4.52. The average molecular weight is 200 g/mol. The van der Waals surface area contributed by atoms with Gasteiger partial charge in [-0.3, -0.25) is 10.1 Å². The van der Waals surface area contributed by atoms with E-state index in [9.17, 15) is 4.79 Å². The molecule has 0 heterocycles. The maximum atomic E-state index is 11.0. The van der Waals surface area contributed by atoms with Crippen molar-refractivity contribution in [3.63, 3.8) is 0 Å². The summed E-state index contributed by atoms with van der Waals surface area (Å²) < 4.78 is 9.52. The number of esters is 1. The molecule has 0 bridgehead atoms. The largest absolute Gasteiger partial charge is 0.466 e. The molecule has 0 aromatic heterocycles. The van der Waals surface area contributed by atoms with Crippen molar-refractivity contribution >= 4 is 5.97 Å². The van der Waals surface area contributed by atoms with Crippen molar-refractivity contribution in [3.8, 4) is 6.07 Å². The fraction of sp³-hybridized carbons (Fsp3) is 0.778. The molecule has 0 radical (unpaired) electrons. The summed E-state index contributed by atoms with van der Waals surface area (Å²) in [5.41, 5.74) is 0. The lowest BCUT2D eigenvalue weighted by molar-refractivity contribution is -0.143. The van der Waals surface area contributed by atoms with Crippen LogP contribution in [0.5, 0.6) is 0 Å². The van der Waals surface area contributed by atoms with Crippen LogP contribution in [0, 0.1) is 11.3 Å². The van der Waals surface area contributed by atoms with Crippen molar-refractivity contribution < 1.29 is 14.3 Å². The van der Waals surface area contributed by atoms with Crippen molar-refractivity contribution in [2.24, 2.45) is 0 Å². The first-order chi connectivity index (χ1) is 6.74. The fourth-order valence-corrected chi connectivity index (χ4v) is 0.885. The molecule has 0 aliphatic rings. The van der Waals surface area contributed by atoms with Crippen LogP contribution >= 0.6 is 0 Å². The molecule has 0 saturated carbocycles. The highest BCUT2D eigenvalue weighted by Gasteiger charge is 2.12. The molecule has 0 rings (SSSR count). The second-order valence-electron chi connectivity index (χ2n) is 2.64. The molecular weight excluding hydrogens is 184 g/mol. The molecule has 0 fully saturated rings. The monoisotopic (exact) mass is 200 g/mol. The zero-order chi connectivity index (χ0) is 10.8. The lowest BCUT2D eigenvalue weighted by atomic mass is 10.2. The third-order valence-corrected chi connectivity index (χ3v) is 1.53. The van der Waals surface area contributed by atoms with E-state index in [4.69, 9.17) is 14.7 Å². The van der Waals surface area contributed by atoms with Gasteiger partial charge in [-0.05, 0) is 6.92 Å². The average Bonchev–Trinajstić information content (AvgIpc) is 2.17. The van der Waals surface area contributed by atoms with Gasteiger partial charge in [-0.15, -0.1) is 0 Å². The second-order valence-corrected chi connectivity index (χ2v) is 2.64. The summed E-state index contributed by atoms with van der Waals surface area (Å²) in [4.78, 5) is 11.0. The molecule has 1 N–H and O–H groups in total. The summed E-state index contributed by atoms with van der Waals surface area (Å²) in [6, 6.07) is 1.49. The minimum atomic E-state index is -0.496. The predicted octanol–water partition coefficient (Wildman–Crippen LogP) is 0.0678. The first kappa shape index (κ1) is 12.9. The van der Waals surface area contributed by atoms with E-state index in [-0.39, 0.29) is 12.4 Å². The Morgan fingerprint density at radius 3 is 2.86 bits per heavy atom. The quantitative estimate of drug-likeness (QED) is 0.465. The van der Waals surface area contributed by atoms with Gasteiger partial charge in [-0.1, -0.05) is 0 Å². The fourth-order valence-electron chi connectivity index (χ4n) is 0.885. The smallest absolute Gasteiger partial charge is 0.308 e. The number of carbonyl (C=O) groups excluding carboxylic acids is 1. The molecule has 0 spiro atoms. The van der Waals surface area contributed by atoms with Crippen LogP contribution in [0.15, 0.2) is 0 Å². The van der Waals surface area contributed by atoms with Crippen molar-refractivity contribution in [2.75, 3.05) is 26.9 Å². The third kappa shape index (κ3) is 6.40. The van der Waals surface area contributed by atoms with E-state index in [1.54, 1.807) is 14.0 Å². The number of ether oxygens (including phenoxy) is 2. The molecule has 0 aromatic carbocycles. The Morgan fingerprint density at radius 1 is 1.64 bits per heavy atom. The maximum Gasteiger partial charge on any atom is 0.308 e. The van der Waals surface area contributed by atoms with E-state index in [0.29, 0.717) is 19.8 Å². The van der Waals surface area contributed by atoms with Crippen molar-refractivity contribution in [1.29, 1.82) is 5.26 Å². The van der Waals surface area contributed by atoms with Crippen LogP contribution in [0.4, 0.5) is 0 Å². The molecule has 14 heavy (non-hydrogen) atoms. The summed E-state index contributed by atoms with van der Waals surface area (Å²) in [6.07, 6.45) is 0.0774. The summed E-state index contributed by atoms with van der Waals surface area (Å²) >= 11 is 0. The van der Waals surface area contributed by atoms with Gasteiger partial charge >= 0.3 is 5.97 Å². The van der Waals surface area contributed by atoms with E-state index < -0.39 is 6.04 Å². The Morgan fingerprint density at radius 2 is 2.36 bits per heavy atom. The van der Waals surface area contributed by atoms with E-state index in [1.807, 2.05) is 6.07 Å². The Kier molecular flexibility index (Phi) is 7.80. The highest BCUT2D eigenvalue weighted by Crippen LogP contribution is 1.93. The first-order valence-electron chi connectivity index (χ1n) is 4.52. The Bertz CT molecular complexity index is 201. The zero-order valence-electron chi connectivity index (χ0n) is 8.58. The number of methoxy groups -OCH3 is 1. The van der Waals surface area contributed by atoms with Gasteiger partial charge in [0.1, 0.15) is 6.04 Å². The van der Waals surface area contributed by atoms with Gasteiger partial charge < -0.3 is 9.47 Å². The third-order valence-electron chi connectivity index (χ3n) is 1.53. The van der Waals surface area contributed by atoms with Gasteiger partial charge in [0, 0.05) is 13.7 Å². The van der Waals surface area contributed by atoms with Crippen molar-refractivity contribution in [2.45, 2.75) is 19.4 Å². The Labute approximate surface area is 84.0 Å². The van der Waals surface area contributed by atoms with Crippen LogP contribution in [0.3, 0.4) is 0 Å². The number of nitriles is 1. The number of nitrogens with one attached hydrogen (secondary N) is 1. The number of carbonyl (C=O) groups is 1. The van der Waals surface area contributed by atoms with E-state index in [1.165, 1.54) is 0 Å².